The van der Waals surface area contributed by atoms with Crippen molar-refractivity contribution in [3.05, 3.63) is 24.0 Å². The first-order chi connectivity index (χ1) is 9.30. The predicted molar refractivity (Wildman–Crippen MR) is 65.3 cm³/mol. The third-order valence-corrected chi connectivity index (χ3v) is 3.47. The van der Waals surface area contributed by atoms with Crippen LogP contribution in [0.5, 0.6) is 5.75 Å². The van der Waals surface area contributed by atoms with Gasteiger partial charge in [0.25, 0.3) is 5.91 Å². The Morgan fingerprint density at radius 3 is 2.60 bits per heavy atom. The van der Waals surface area contributed by atoms with Gasteiger partial charge in [-0.15, -0.1) is 0 Å². The second-order valence-corrected chi connectivity index (χ2v) is 4.76. The summed E-state index contributed by atoms with van der Waals surface area (Å²) in [7, 11) is 1.32. The van der Waals surface area contributed by atoms with Crippen molar-refractivity contribution in [2.24, 2.45) is 0 Å². The number of aliphatic hydroxyl groups is 1. The molecule has 1 aromatic carbocycles. The van der Waals surface area contributed by atoms with Crippen LogP contribution in [0.25, 0.3) is 0 Å². The van der Waals surface area contributed by atoms with Crippen molar-refractivity contribution in [1.29, 1.82) is 0 Å². The van der Waals surface area contributed by atoms with Crippen LogP contribution in [0.2, 0.25) is 0 Å². The first-order valence-corrected chi connectivity index (χ1v) is 6.05. The number of ether oxygens (including phenoxy) is 1. The van der Waals surface area contributed by atoms with Gasteiger partial charge in [-0.05, 0) is 31.4 Å². The summed E-state index contributed by atoms with van der Waals surface area (Å²) in [4.78, 5) is 11.6. The number of methoxy groups -OCH3 is 1. The first-order valence-electron chi connectivity index (χ1n) is 6.05. The van der Waals surface area contributed by atoms with Crippen LogP contribution >= 0.6 is 0 Å². The summed E-state index contributed by atoms with van der Waals surface area (Å²) in [5, 5.41) is 11.4. The summed E-state index contributed by atoms with van der Waals surface area (Å²) in [5.41, 5.74) is -2.76. The largest absolute Gasteiger partial charge is 0.497 e. The smallest absolute Gasteiger partial charge is 0.352 e. The van der Waals surface area contributed by atoms with E-state index in [9.17, 15) is 23.1 Å². The number of halogens is 3. The molecule has 2 N–H and O–H groups in total. The van der Waals surface area contributed by atoms with E-state index in [0.29, 0.717) is 6.42 Å². The maximum absolute atomic E-state index is 13.8. The number of alkyl halides is 2. The number of hydrogen-bond donors (Lipinski definition) is 2. The van der Waals surface area contributed by atoms with Crippen LogP contribution in [-0.2, 0) is 4.79 Å². The Morgan fingerprint density at radius 2 is 2.10 bits per heavy atom. The molecule has 0 heterocycles. The van der Waals surface area contributed by atoms with E-state index >= 15 is 0 Å². The third-order valence-electron chi connectivity index (χ3n) is 3.47. The molecule has 7 heteroatoms. The van der Waals surface area contributed by atoms with Gasteiger partial charge in [-0.1, -0.05) is 0 Å². The molecule has 1 aliphatic rings. The number of hydrogen-bond acceptors (Lipinski definition) is 3. The minimum Gasteiger partial charge on any atom is -0.497 e. The van der Waals surface area contributed by atoms with Crippen molar-refractivity contribution in [1.82, 2.24) is 0 Å². The lowest BCUT2D eigenvalue weighted by molar-refractivity contribution is -0.212. The molecule has 1 aromatic rings. The molecule has 0 bridgehead atoms. The Bertz CT molecular complexity index is 530. The molecule has 0 saturated heterocycles. The van der Waals surface area contributed by atoms with E-state index < -0.39 is 28.9 Å². The SMILES string of the molecule is COc1ccc(F)c(NC(=O)C(F)(F)C2(O)CCC2)c1. The minimum absolute atomic E-state index is 0.159. The van der Waals surface area contributed by atoms with Crippen molar-refractivity contribution in [3.8, 4) is 5.75 Å². The number of rotatable bonds is 4. The van der Waals surface area contributed by atoms with Crippen LogP contribution in [-0.4, -0.2) is 29.6 Å². The van der Waals surface area contributed by atoms with Gasteiger partial charge in [-0.3, -0.25) is 4.79 Å². The second kappa shape index (κ2) is 4.97. The number of anilines is 1. The van der Waals surface area contributed by atoms with Gasteiger partial charge in [0.2, 0.25) is 0 Å². The molecule has 1 aliphatic carbocycles. The highest BCUT2D eigenvalue weighted by atomic mass is 19.3. The number of nitrogens with one attached hydrogen (secondary N) is 1. The molecule has 0 atom stereocenters. The Kier molecular flexibility index (Phi) is 3.64. The zero-order valence-electron chi connectivity index (χ0n) is 10.8. The second-order valence-electron chi connectivity index (χ2n) is 4.76. The molecule has 0 spiro atoms. The summed E-state index contributed by atoms with van der Waals surface area (Å²) >= 11 is 0. The van der Waals surface area contributed by atoms with Crippen molar-refractivity contribution in [2.75, 3.05) is 12.4 Å². The lowest BCUT2D eigenvalue weighted by Gasteiger charge is -2.41. The average molecular weight is 289 g/mol. The van der Waals surface area contributed by atoms with Crippen molar-refractivity contribution < 1.29 is 27.8 Å². The maximum atomic E-state index is 13.8. The molecule has 4 nitrogen and oxygen atoms in total. The number of amides is 1. The van der Waals surface area contributed by atoms with Crippen LogP contribution in [0.4, 0.5) is 18.9 Å². The molecule has 20 heavy (non-hydrogen) atoms. The molecule has 110 valence electrons. The zero-order chi connectivity index (χ0) is 15.0. The van der Waals surface area contributed by atoms with Crippen LogP contribution in [0, 0.1) is 5.82 Å². The van der Waals surface area contributed by atoms with Gasteiger partial charge < -0.3 is 15.2 Å². The molecule has 0 radical (unpaired) electrons. The quantitative estimate of drug-likeness (QED) is 0.894. The standard InChI is InChI=1S/C13H14F3NO3/c1-20-8-3-4-9(14)10(7-8)17-11(18)13(15,16)12(19)5-2-6-12/h3-4,7,19H,2,5-6H2,1H3,(H,17,18). The summed E-state index contributed by atoms with van der Waals surface area (Å²) in [6.07, 6.45) is 0.106. The van der Waals surface area contributed by atoms with Gasteiger partial charge in [0.15, 0.2) is 0 Å². The number of carbonyl (C=O) groups excluding carboxylic acids is 1. The Labute approximate surface area is 113 Å². The Hall–Kier alpha value is -1.76. The van der Waals surface area contributed by atoms with Crippen LogP contribution < -0.4 is 10.1 Å². The molecule has 0 aliphatic heterocycles. The van der Waals surface area contributed by atoms with E-state index in [4.69, 9.17) is 4.74 Å². The topological polar surface area (TPSA) is 58.6 Å². The van der Waals surface area contributed by atoms with E-state index in [0.717, 1.165) is 12.1 Å². The molecular weight excluding hydrogens is 275 g/mol. The van der Waals surface area contributed by atoms with Crippen LogP contribution in [0.3, 0.4) is 0 Å². The molecule has 1 fully saturated rings. The highest BCUT2D eigenvalue weighted by Gasteiger charge is 2.61. The highest BCUT2D eigenvalue weighted by Crippen LogP contribution is 2.44. The Balaban J connectivity index is 2.19. The van der Waals surface area contributed by atoms with E-state index in [1.807, 2.05) is 0 Å². The predicted octanol–water partition coefficient (Wildman–Crippen LogP) is 2.32. The number of benzene rings is 1. The highest BCUT2D eigenvalue weighted by molar-refractivity contribution is 5.97. The number of carbonyl (C=O) groups is 1. The van der Waals surface area contributed by atoms with Crippen LogP contribution in [0.15, 0.2) is 18.2 Å². The molecular formula is C13H14F3NO3. The van der Waals surface area contributed by atoms with E-state index in [1.54, 1.807) is 5.32 Å². The van der Waals surface area contributed by atoms with Crippen LogP contribution in [0.1, 0.15) is 19.3 Å². The molecule has 0 unspecified atom stereocenters. The van der Waals surface area contributed by atoms with Crippen molar-refractivity contribution in [3.63, 3.8) is 0 Å². The normalized spacial score (nSPS) is 17.2. The fourth-order valence-corrected chi connectivity index (χ4v) is 1.96. The fourth-order valence-electron chi connectivity index (χ4n) is 1.96. The zero-order valence-corrected chi connectivity index (χ0v) is 10.8. The average Bonchev–Trinajstić information content (AvgIpc) is 2.38. The van der Waals surface area contributed by atoms with Gasteiger partial charge in [0.05, 0.1) is 12.8 Å². The van der Waals surface area contributed by atoms with Crippen molar-refractivity contribution >= 4 is 11.6 Å². The minimum atomic E-state index is -3.97. The summed E-state index contributed by atoms with van der Waals surface area (Å²) in [6.45, 7) is 0. The lowest BCUT2D eigenvalue weighted by atomic mass is 9.75. The van der Waals surface area contributed by atoms with Gasteiger partial charge in [0, 0.05) is 6.07 Å². The monoisotopic (exact) mass is 289 g/mol. The summed E-state index contributed by atoms with van der Waals surface area (Å²) in [5.74, 6) is -6.35. The summed E-state index contributed by atoms with van der Waals surface area (Å²) < 4.78 is 46.0. The first kappa shape index (κ1) is 14.6. The molecule has 1 saturated carbocycles. The third kappa shape index (κ3) is 2.33. The van der Waals surface area contributed by atoms with Gasteiger partial charge >= 0.3 is 5.92 Å². The molecule has 2 rings (SSSR count). The summed E-state index contributed by atoms with van der Waals surface area (Å²) in [6, 6.07) is 3.38. The maximum Gasteiger partial charge on any atom is 0.352 e. The van der Waals surface area contributed by atoms with Gasteiger partial charge in [-0.2, -0.15) is 8.78 Å². The Morgan fingerprint density at radius 1 is 1.45 bits per heavy atom. The van der Waals surface area contributed by atoms with Crippen molar-refractivity contribution in [2.45, 2.75) is 30.8 Å². The van der Waals surface area contributed by atoms with E-state index in [2.05, 4.69) is 0 Å². The molecule has 1 amide bonds. The fraction of sp³-hybridized carbons (Fsp3) is 0.462. The van der Waals surface area contributed by atoms with E-state index in [1.165, 1.54) is 13.2 Å². The lowest BCUT2D eigenvalue weighted by Crippen LogP contribution is -2.59. The molecule has 0 aromatic heterocycles. The van der Waals surface area contributed by atoms with Gasteiger partial charge in [-0.25, -0.2) is 4.39 Å². The van der Waals surface area contributed by atoms with E-state index in [-0.39, 0.29) is 18.6 Å². The van der Waals surface area contributed by atoms with Gasteiger partial charge in [0.1, 0.15) is 17.2 Å².